The van der Waals surface area contributed by atoms with Gasteiger partial charge in [0.1, 0.15) is 6.07 Å². The van der Waals surface area contributed by atoms with Crippen LogP contribution < -0.4 is 0 Å². The average Bonchev–Trinajstić information content (AvgIpc) is 2.29. The number of carbonyl (C=O) groups excluding carboxylic acids is 1. The molecule has 0 unspecified atom stereocenters. The zero-order valence-corrected chi connectivity index (χ0v) is 9.08. The zero-order valence-electron chi connectivity index (χ0n) is 8.27. The largest absolute Gasteiger partial charge is 0.469 e. The molecule has 1 rings (SSSR count). The minimum absolute atomic E-state index is 0.226. The van der Waals surface area contributed by atoms with Crippen LogP contribution in [-0.4, -0.2) is 23.8 Å². The van der Waals surface area contributed by atoms with Gasteiger partial charge in [0.25, 0.3) is 0 Å². The van der Waals surface area contributed by atoms with Crippen LogP contribution in [0.15, 0.2) is 23.4 Å². The monoisotopic (exact) mass is 222 g/mol. The molecule has 0 radical (unpaired) electrons. The molecule has 4 nitrogen and oxygen atoms in total. The van der Waals surface area contributed by atoms with Gasteiger partial charge in [0, 0.05) is 11.9 Å². The van der Waals surface area contributed by atoms with Crippen LogP contribution in [0.1, 0.15) is 12.0 Å². The van der Waals surface area contributed by atoms with Crippen LogP contribution in [0, 0.1) is 11.3 Å². The van der Waals surface area contributed by atoms with Gasteiger partial charge in [-0.25, -0.2) is 4.98 Å². The fraction of sp³-hybridized carbons (Fsp3) is 0.300. The fourth-order valence-electron chi connectivity index (χ4n) is 0.873. The summed E-state index contributed by atoms with van der Waals surface area (Å²) in [6.45, 7) is 0. The third-order valence-corrected chi connectivity index (χ3v) is 2.59. The summed E-state index contributed by atoms with van der Waals surface area (Å²) in [5.41, 5.74) is 0.535. The minimum atomic E-state index is -0.226. The number of hydrogen-bond donors (Lipinski definition) is 0. The number of esters is 1. The topological polar surface area (TPSA) is 63.0 Å². The minimum Gasteiger partial charge on any atom is -0.469 e. The van der Waals surface area contributed by atoms with E-state index in [1.807, 2.05) is 6.07 Å². The van der Waals surface area contributed by atoms with E-state index in [1.54, 1.807) is 12.1 Å². The van der Waals surface area contributed by atoms with Crippen molar-refractivity contribution in [3.05, 3.63) is 23.9 Å². The number of thioether (sulfide) groups is 1. The van der Waals surface area contributed by atoms with Gasteiger partial charge in [-0.05, 0) is 12.1 Å². The van der Waals surface area contributed by atoms with Gasteiger partial charge in [-0.15, -0.1) is 11.8 Å². The molecule has 0 amide bonds. The lowest BCUT2D eigenvalue weighted by atomic mass is 10.3. The van der Waals surface area contributed by atoms with Crippen molar-refractivity contribution >= 4 is 17.7 Å². The molecule has 0 aliphatic carbocycles. The summed E-state index contributed by atoms with van der Waals surface area (Å²) < 4.78 is 4.51. The fourth-order valence-corrected chi connectivity index (χ4v) is 1.64. The maximum absolute atomic E-state index is 10.8. The Kier molecular flexibility index (Phi) is 4.64. The van der Waals surface area contributed by atoms with E-state index >= 15 is 0 Å². The molecule has 0 aromatic carbocycles. The number of pyridine rings is 1. The molecule has 1 aromatic rings. The highest BCUT2D eigenvalue weighted by Crippen LogP contribution is 2.16. The smallest absolute Gasteiger partial charge is 0.306 e. The van der Waals surface area contributed by atoms with E-state index in [1.165, 1.54) is 25.1 Å². The summed E-state index contributed by atoms with van der Waals surface area (Å²) in [6.07, 6.45) is 1.88. The van der Waals surface area contributed by atoms with Gasteiger partial charge < -0.3 is 4.74 Å². The summed E-state index contributed by atoms with van der Waals surface area (Å²) >= 11 is 1.46. The van der Waals surface area contributed by atoms with E-state index in [4.69, 9.17) is 5.26 Å². The summed E-state index contributed by atoms with van der Waals surface area (Å²) in [4.78, 5) is 14.9. The highest BCUT2D eigenvalue weighted by atomic mass is 32.2. The molecule has 0 bridgehead atoms. The summed E-state index contributed by atoms with van der Waals surface area (Å²) in [5, 5.41) is 9.35. The number of ether oxygens (including phenoxy) is 1. The van der Waals surface area contributed by atoms with Crippen molar-refractivity contribution in [2.45, 2.75) is 11.4 Å². The molecule has 0 saturated carbocycles. The predicted octanol–water partition coefficient (Wildman–Crippen LogP) is 1.61. The highest BCUT2D eigenvalue weighted by Gasteiger charge is 2.01. The molecular formula is C10H10N2O2S. The molecular weight excluding hydrogens is 212 g/mol. The van der Waals surface area contributed by atoms with Crippen LogP contribution in [0.5, 0.6) is 0 Å². The first kappa shape index (κ1) is 11.5. The number of nitriles is 1. The summed E-state index contributed by atoms with van der Waals surface area (Å²) in [6, 6.07) is 5.46. The van der Waals surface area contributed by atoms with Gasteiger partial charge >= 0.3 is 5.97 Å². The van der Waals surface area contributed by atoms with Crippen molar-refractivity contribution < 1.29 is 9.53 Å². The van der Waals surface area contributed by atoms with Crippen molar-refractivity contribution in [3.8, 4) is 6.07 Å². The van der Waals surface area contributed by atoms with Crippen LogP contribution in [0.25, 0.3) is 0 Å². The second kappa shape index (κ2) is 6.04. The number of carbonyl (C=O) groups is 1. The average molecular weight is 222 g/mol. The Hall–Kier alpha value is -1.54. The molecule has 0 spiro atoms. The highest BCUT2D eigenvalue weighted by molar-refractivity contribution is 7.99. The molecule has 5 heteroatoms. The van der Waals surface area contributed by atoms with Crippen molar-refractivity contribution in [1.29, 1.82) is 5.26 Å². The third-order valence-electron chi connectivity index (χ3n) is 1.65. The van der Waals surface area contributed by atoms with Gasteiger partial charge in [-0.2, -0.15) is 5.26 Å². The van der Waals surface area contributed by atoms with Gasteiger partial charge in [0.05, 0.1) is 24.1 Å². The lowest BCUT2D eigenvalue weighted by Gasteiger charge is -1.99. The number of rotatable bonds is 4. The van der Waals surface area contributed by atoms with Gasteiger partial charge in [-0.1, -0.05) is 0 Å². The van der Waals surface area contributed by atoms with Crippen molar-refractivity contribution in [3.63, 3.8) is 0 Å². The van der Waals surface area contributed by atoms with Crippen LogP contribution in [-0.2, 0) is 9.53 Å². The number of nitrogens with zero attached hydrogens (tertiary/aromatic N) is 2. The lowest BCUT2D eigenvalue weighted by Crippen LogP contribution is -2.01. The molecule has 15 heavy (non-hydrogen) atoms. The Morgan fingerprint density at radius 1 is 1.67 bits per heavy atom. The zero-order chi connectivity index (χ0) is 11.1. The lowest BCUT2D eigenvalue weighted by molar-refractivity contribution is -0.140. The number of methoxy groups -OCH3 is 1. The number of aromatic nitrogens is 1. The molecule has 0 atom stereocenters. The van der Waals surface area contributed by atoms with Gasteiger partial charge in [-0.3, -0.25) is 4.79 Å². The predicted molar refractivity (Wildman–Crippen MR) is 56.3 cm³/mol. The van der Waals surface area contributed by atoms with Crippen LogP contribution >= 0.6 is 11.8 Å². The molecule has 0 aliphatic rings. The second-order valence-electron chi connectivity index (χ2n) is 2.67. The van der Waals surface area contributed by atoms with E-state index in [0.29, 0.717) is 17.7 Å². The quantitative estimate of drug-likeness (QED) is 0.572. The van der Waals surface area contributed by atoms with E-state index in [0.717, 1.165) is 5.03 Å². The molecule has 0 N–H and O–H groups in total. The Balaban J connectivity index is 2.38. The maximum atomic E-state index is 10.8. The van der Waals surface area contributed by atoms with Gasteiger partial charge in [0.15, 0.2) is 0 Å². The van der Waals surface area contributed by atoms with Crippen LogP contribution in [0.3, 0.4) is 0 Å². The molecule has 78 valence electrons. The Labute approximate surface area is 92.3 Å². The summed E-state index contributed by atoms with van der Waals surface area (Å²) in [7, 11) is 1.37. The summed E-state index contributed by atoms with van der Waals surface area (Å²) in [5.74, 6) is 0.405. The maximum Gasteiger partial charge on any atom is 0.306 e. The SMILES string of the molecule is COC(=O)CCSc1ccc(C#N)cn1. The van der Waals surface area contributed by atoms with Crippen molar-refractivity contribution in [2.75, 3.05) is 12.9 Å². The standard InChI is InChI=1S/C10H10N2O2S/c1-14-10(13)4-5-15-9-3-2-8(6-11)7-12-9/h2-3,7H,4-5H2,1H3. The van der Waals surface area contributed by atoms with Crippen LogP contribution in [0.4, 0.5) is 0 Å². The van der Waals surface area contributed by atoms with Gasteiger partial charge in [0.2, 0.25) is 0 Å². The van der Waals surface area contributed by atoms with E-state index < -0.39 is 0 Å². The first-order valence-corrected chi connectivity index (χ1v) is 5.30. The molecule has 1 aromatic heterocycles. The van der Waals surface area contributed by atoms with E-state index in [-0.39, 0.29) is 5.97 Å². The Bertz CT molecular complexity index is 370. The van der Waals surface area contributed by atoms with Crippen molar-refractivity contribution in [1.82, 2.24) is 4.98 Å². The van der Waals surface area contributed by atoms with E-state index in [9.17, 15) is 4.79 Å². The molecule has 1 heterocycles. The first-order chi connectivity index (χ1) is 7.26. The van der Waals surface area contributed by atoms with E-state index in [2.05, 4.69) is 9.72 Å². The Morgan fingerprint density at radius 3 is 3.00 bits per heavy atom. The first-order valence-electron chi connectivity index (χ1n) is 4.32. The molecule has 0 aliphatic heterocycles. The third kappa shape index (κ3) is 4.00. The van der Waals surface area contributed by atoms with Crippen LogP contribution in [0.2, 0.25) is 0 Å². The van der Waals surface area contributed by atoms with Crippen molar-refractivity contribution in [2.24, 2.45) is 0 Å². The Morgan fingerprint density at radius 2 is 2.47 bits per heavy atom. The second-order valence-corrected chi connectivity index (χ2v) is 3.79. The molecule has 0 fully saturated rings. The normalized spacial score (nSPS) is 9.33. The number of hydrogen-bond acceptors (Lipinski definition) is 5. The molecule has 0 saturated heterocycles.